The van der Waals surface area contributed by atoms with Gasteiger partial charge in [0.1, 0.15) is 29.1 Å². The second-order valence-electron chi connectivity index (χ2n) is 20.8. The van der Waals surface area contributed by atoms with Crippen LogP contribution < -0.4 is 25.2 Å². The van der Waals surface area contributed by atoms with Gasteiger partial charge in [0.05, 0.1) is 29.0 Å². The predicted molar refractivity (Wildman–Crippen MR) is 262 cm³/mol. The summed E-state index contributed by atoms with van der Waals surface area (Å²) in [6.07, 6.45) is 13.9. The molecule has 71 heavy (non-hydrogen) atoms. The van der Waals surface area contributed by atoms with E-state index in [-0.39, 0.29) is 46.2 Å². The summed E-state index contributed by atoms with van der Waals surface area (Å²) < 4.78 is 38.9. The maximum Gasteiger partial charge on any atom is 0.264 e. The van der Waals surface area contributed by atoms with Gasteiger partial charge in [-0.15, -0.1) is 6.42 Å². The molecule has 5 aromatic rings. The topological polar surface area (TPSA) is 164 Å². The Morgan fingerprint density at radius 3 is 2.35 bits per heavy atom. The number of rotatable bonds is 11. The predicted octanol–water partition coefficient (Wildman–Crippen LogP) is 5.45. The van der Waals surface area contributed by atoms with Crippen LogP contribution in [0.4, 0.5) is 20.3 Å². The van der Waals surface area contributed by atoms with Crippen molar-refractivity contribution in [3.05, 3.63) is 83.1 Å². The molecule has 6 fully saturated rings. The van der Waals surface area contributed by atoms with E-state index in [4.69, 9.17) is 16.1 Å². The van der Waals surface area contributed by atoms with E-state index in [1.807, 2.05) is 6.07 Å². The van der Waals surface area contributed by atoms with Crippen LogP contribution in [0.15, 0.2) is 54.7 Å². The summed E-state index contributed by atoms with van der Waals surface area (Å²) >= 11 is 0. The highest BCUT2D eigenvalue weighted by molar-refractivity contribution is 6.25. The number of ether oxygens (including phenoxy) is 1. The molecule has 4 amide bonds. The molecular formula is C54H55F2N9O6. The summed E-state index contributed by atoms with van der Waals surface area (Å²) in [4.78, 5) is 71.7. The Morgan fingerprint density at radius 1 is 0.845 bits per heavy atom. The zero-order valence-electron chi connectivity index (χ0n) is 39.4. The zero-order valence-corrected chi connectivity index (χ0v) is 39.4. The Labute approximate surface area is 409 Å². The smallest absolute Gasteiger partial charge is 0.264 e. The van der Waals surface area contributed by atoms with Crippen molar-refractivity contribution >= 4 is 56.7 Å². The fourth-order valence-corrected chi connectivity index (χ4v) is 12.2. The molecule has 0 radical (unpaired) electrons. The number of phenols is 1. The van der Waals surface area contributed by atoms with E-state index in [0.717, 1.165) is 95.8 Å². The van der Waals surface area contributed by atoms with Gasteiger partial charge in [-0.3, -0.25) is 39.3 Å². The second-order valence-corrected chi connectivity index (χ2v) is 20.8. The molecule has 12 rings (SSSR count). The van der Waals surface area contributed by atoms with Crippen LogP contribution in [-0.2, 0) is 9.59 Å². The van der Waals surface area contributed by atoms with E-state index in [0.29, 0.717) is 82.4 Å². The van der Waals surface area contributed by atoms with Crippen molar-refractivity contribution in [2.75, 3.05) is 81.9 Å². The van der Waals surface area contributed by atoms with Gasteiger partial charge in [0.15, 0.2) is 5.82 Å². The lowest BCUT2D eigenvalue weighted by Crippen LogP contribution is -2.54. The van der Waals surface area contributed by atoms with Gasteiger partial charge in [-0.1, -0.05) is 18.1 Å². The van der Waals surface area contributed by atoms with Crippen LogP contribution in [-0.4, -0.2) is 144 Å². The first kappa shape index (κ1) is 45.4. The van der Waals surface area contributed by atoms with E-state index in [2.05, 4.69) is 41.1 Å². The molecule has 17 heteroatoms. The SMILES string of the molecule is C#Cc1c(F)ccc2cc(O)cc(-c3ncc4c(N5CC6CCC(C5)N6)nc(OCC5(CN6CCC(CN7CCN(c8cccc9c8C(=O)N(C8CCC(=O)NC8=O)C9=O)CC7)CC6)CC5)cc4c3F)c12. The highest BCUT2D eigenvalue weighted by Crippen LogP contribution is 2.48. The Kier molecular flexibility index (Phi) is 11.4. The molecule has 1 aliphatic carbocycles. The van der Waals surface area contributed by atoms with Crippen LogP contribution in [0.25, 0.3) is 32.8 Å². The quantitative estimate of drug-likeness (QED) is 0.113. The van der Waals surface area contributed by atoms with Crippen molar-refractivity contribution in [1.29, 1.82) is 0 Å². The number of piperazine rings is 2. The molecular weight excluding hydrogens is 909 g/mol. The average molecular weight is 964 g/mol. The van der Waals surface area contributed by atoms with Crippen molar-refractivity contribution in [2.24, 2.45) is 11.3 Å². The van der Waals surface area contributed by atoms with E-state index < -0.39 is 41.3 Å². The lowest BCUT2D eigenvalue weighted by Gasteiger charge is -2.40. The summed E-state index contributed by atoms with van der Waals surface area (Å²) in [5.41, 5.74) is 1.42. The van der Waals surface area contributed by atoms with Crippen molar-refractivity contribution in [3.63, 3.8) is 0 Å². The molecule has 8 heterocycles. The van der Waals surface area contributed by atoms with Gasteiger partial charge in [-0.2, -0.15) is 4.98 Å². The summed E-state index contributed by atoms with van der Waals surface area (Å²) in [5.74, 6) is 0.564. The fourth-order valence-electron chi connectivity index (χ4n) is 12.2. The van der Waals surface area contributed by atoms with Crippen molar-refractivity contribution < 1.29 is 37.8 Å². The van der Waals surface area contributed by atoms with Gasteiger partial charge in [0.25, 0.3) is 11.8 Å². The third-order valence-corrected chi connectivity index (χ3v) is 16.2. The molecule has 3 aromatic carbocycles. The maximum atomic E-state index is 17.2. The normalized spacial score (nSPS) is 23.7. The minimum Gasteiger partial charge on any atom is -0.508 e. The molecule has 3 unspecified atom stereocenters. The van der Waals surface area contributed by atoms with Crippen LogP contribution in [0.5, 0.6) is 11.6 Å². The van der Waals surface area contributed by atoms with Crippen LogP contribution in [0, 0.1) is 35.3 Å². The van der Waals surface area contributed by atoms with E-state index in [1.54, 1.807) is 24.4 Å². The number of benzene rings is 3. The number of hydrogen-bond donors (Lipinski definition) is 3. The lowest BCUT2D eigenvalue weighted by molar-refractivity contribution is -0.136. The number of fused-ring (bicyclic) bond motifs is 5. The summed E-state index contributed by atoms with van der Waals surface area (Å²) in [7, 11) is 0. The highest BCUT2D eigenvalue weighted by Gasteiger charge is 2.47. The number of nitrogens with zero attached hydrogens (tertiary/aromatic N) is 7. The fraction of sp³-hybridized carbons (Fsp3) is 0.444. The van der Waals surface area contributed by atoms with Crippen molar-refractivity contribution in [1.82, 2.24) is 35.3 Å². The molecule has 3 atom stereocenters. The van der Waals surface area contributed by atoms with Crippen LogP contribution in [0.1, 0.15) is 77.6 Å². The van der Waals surface area contributed by atoms with Crippen molar-refractivity contribution in [3.8, 4) is 35.2 Å². The molecule has 6 aliphatic heterocycles. The highest BCUT2D eigenvalue weighted by atomic mass is 19.1. The number of pyridine rings is 2. The number of amides is 4. The summed E-state index contributed by atoms with van der Waals surface area (Å²) in [5, 5.41) is 18.2. The van der Waals surface area contributed by atoms with Crippen LogP contribution in [0.2, 0.25) is 0 Å². The number of carbonyl (C=O) groups excluding carboxylic acids is 4. The molecule has 3 N–H and O–H groups in total. The number of nitrogens with one attached hydrogen (secondary N) is 2. The minimum atomic E-state index is -1.000. The Bertz CT molecular complexity index is 3070. The number of piperidine rings is 2. The lowest BCUT2D eigenvalue weighted by atomic mass is 9.94. The van der Waals surface area contributed by atoms with Crippen LogP contribution in [0.3, 0.4) is 0 Å². The Hall–Kier alpha value is -6.74. The number of phenolic OH excluding ortho intramolecular Hbond substituents is 1. The molecule has 5 saturated heterocycles. The van der Waals surface area contributed by atoms with Crippen LogP contribution >= 0.6 is 0 Å². The number of hydrogen-bond acceptors (Lipinski definition) is 13. The summed E-state index contributed by atoms with van der Waals surface area (Å²) in [6, 6.07) is 12.2. The minimum absolute atomic E-state index is 0.0276. The molecule has 2 bridgehead atoms. The average Bonchev–Trinajstić information content (AvgIpc) is 3.99. The number of terminal acetylenes is 1. The molecule has 0 spiro atoms. The number of imide groups is 2. The zero-order chi connectivity index (χ0) is 48.7. The summed E-state index contributed by atoms with van der Waals surface area (Å²) in [6.45, 7) is 8.82. The molecule has 2 aromatic heterocycles. The number of carbonyl (C=O) groups is 4. The first-order chi connectivity index (χ1) is 34.4. The standard InChI is InChI=1S/C54H55F2N9O6/c1-2-36-41(55)9-6-32-22-35(66)23-39(46(32)36)49-48(56)38-24-45(60-50(40(38)25-57-49)64-27-33-7-8-34(28-64)58-33)71-30-54(14-15-54)29-62-16-12-31(13-17-62)26-61-18-20-63(21-19-61)42-5-3-4-37-47(42)53(70)65(52(37)69)43-10-11-44(67)59-51(43)68/h1,3-6,9,22-25,31,33-34,43,58,66H,7-8,10-21,26-30H2,(H,59,67,68). The van der Waals surface area contributed by atoms with E-state index in [9.17, 15) is 24.3 Å². The van der Waals surface area contributed by atoms with Gasteiger partial charge in [-0.25, -0.2) is 8.78 Å². The first-order valence-corrected chi connectivity index (χ1v) is 25.0. The molecule has 15 nitrogen and oxygen atoms in total. The van der Waals surface area contributed by atoms with Gasteiger partial charge in [0, 0.05) is 110 Å². The van der Waals surface area contributed by atoms with Gasteiger partial charge in [0.2, 0.25) is 17.7 Å². The number of anilines is 2. The number of likely N-dealkylation sites (tertiary alicyclic amines) is 1. The third-order valence-electron chi connectivity index (χ3n) is 16.2. The van der Waals surface area contributed by atoms with E-state index in [1.165, 1.54) is 24.3 Å². The van der Waals surface area contributed by atoms with Gasteiger partial charge >= 0.3 is 0 Å². The number of aromatic hydroxyl groups is 1. The first-order valence-electron chi connectivity index (χ1n) is 25.0. The molecule has 366 valence electrons. The second kappa shape index (κ2) is 17.8. The largest absolute Gasteiger partial charge is 0.508 e. The molecule has 7 aliphatic rings. The molecule has 1 saturated carbocycles. The Morgan fingerprint density at radius 2 is 1.62 bits per heavy atom. The number of aromatic nitrogens is 2. The van der Waals surface area contributed by atoms with Gasteiger partial charge < -0.3 is 29.9 Å². The third kappa shape index (κ3) is 8.29. The van der Waals surface area contributed by atoms with E-state index >= 15 is 8.78 Å². The van der Waals surface area contributed by atoms with Gasteiger partial charge in [-0.05, 0) is 99.7 Å². The monoisotopic (exact) mass is 963 g/mol. The maximum absolute atomic E-state index is 17.2. The van der Waals surface area contributed by atoms with Crippen molar-refractivity contribution in [2.45, 2.75) is 69.5 Å². The Balaban J connectivity index is 0.696. The number of halogens is 2.